The van der Waals surface area contributed by atoms with Crippen molar-refractivity contribution in [2.75, 3.05) is 5.32 Å². The fraction of sp³-hybridized carbons (Fsp3) is 0.190. The molecule has 2 heterocycles. The molecule has 0 unspecified atom stereocenters. The third kappa shape index (κ3) is 4.78. The van der Waals surface area contributed by atoms with Crippen molar-refractivity contribution in [3.05, 3.63) is 76.2 Å². The zero-order valence-corrected chi connectivity index (χ0v) is 16.4. The number of amides is 1. The molecule has 6 heteroatoms. The van der Waals surface area contributed by atoms with E-state index in [0.29, 0.717) is 11.6 Å². The summed E-state index contributed by atoms with van der Waals surface area (Å²) in [7, 11) is 0. The second kappa shape index (κ2) is 8.41. The Morgan fingerprint density at radius 3 is 2.67 bits per heavy atom. The summed E-state index contributed by atoms with van der Waals surface area (Å²) in [5.74, 6) is 0.0109. The first kappa shape index (κ1) is 17.8. The van der Waals surface area contributed by atoms with Crippen molar-refractivity contribution in [1.82, 2.24) is 9.97 Å². The van der Waals surface area contributed by atoms with Crippen LogP contribution in [0.4, 0.5) is 5.13 Å². The molecule has 0 fully saturated rings. The van der Waals surface area contributed by atoms with Crippen LogP contribution >= 0.6 is 22.7 Å². The third-order valence-electron chi connectivity index (χ3n) is 4.15. The van der Waals surface area contributed by atoms with E-state index in [0.717, 1.165) is 34.7 Å². The van der Waals surface area contributed by atoms with Gasteiger partial charge in [0.15, 0.2) is 5.13 Å². The summed E-state index contributed by atoms with van der Waals surface area (Å²) in [6.07, 6.45) is 4.77. The maximum Gasteiger partial charge on any atom is 0.226 e. The average molecular weight is 394 g/mol. The predicted molar refractivity (Wildman–Crippen MR) is 113 cm³/mol. The Morgan fingerprint density at radius 1 is 1.00 bits per heavy atom. The van der Waals surface area contributed by atoms with Crippen LogP contribution in [0.3, 0.4) is 0 Å². The molecule has 0 atom stereocenters. The van der Waals surface area contributed by atoms with Gasteiger partial charge in [-0.05, 0) is 30.5 Å². The van der Waals surface area contributed by atoms with Crippen LogP contribution in [0.1, 0.15) is 28.3 Å². The molecule has 4 nitrogen and oxygen atoms in total. The minimum atomic E-state index is 0.0109. The Bertz CT molecular complexity index is 1010. The Morgan fingerprint density at radius 2 is 1.81 bits per heavy atom. The number of aryl methyl sites for hydroxylation is 1. The number of carbonyl (C=O) groups is 1. The van der Waals surface area contributed by atoms with Crippen molar-refractivity contribution in [2.45, 2.75) is 25.7 Å². The highest BCUT2D eigenvalue weighted by molar-refractivity contribution is 7.18. The number of benzene rings is 2. The van der Waals surface area contributed by atoms with Gasteiger partial charge in [-0.3, -0.25) is 4.79 Å². The summed E-state index contributed by atoms with van der Waals surface area (Å²) in [4.78, 5) is 22.3. The molecule has 1 N–H and O–H groups in total. The molecule has 4 rings (SSSR count). The van der Waals surface area contributed by atoms with Gasteiger partial charge in [0.1, 0.15) is 0 Å². The molecule has 27 heavy (non-hydrogen) atoms. The van der Waals surface area contributed by atoms with Crippen LogP contribution in [0.2, 0.25) is 0 Å². The third-order valence-corrected chi connectivity index (χ3v) is 6.16. The normalized spacial score (nSPS) is 11.0. The molecule has 2 aromatic carbocycles. The number of para-hydroxylation sites is 1. The maximum absolute atomic E-state index is 12.2. The molecule has 0 bridgehead atoms. The number of nitrogens with zero attached hydrogens (tertiary/aromatic N) is 2. The highest BCUT2D eigenvalue weighted by Gasteiger charge is 2.09. The minimum Gasteiger partial charge on any atom is -0.302 e. The van der Waals surface area contributed by atoms with E-state index >= 15 is 0 Å². The van der Waals surface area contributed by atoms with Crippen molar-refractivity contribution in [3.63, 3.8) is 0 Å². The molecule has 0 saturated heterocycles. The lowest BCUT2D eigenvalue weighted by molar-refractivity contribution is -0.116. The van der Waals surface area contributed by atoms with Crippen molar-refractivity contribution in [1.29, 1.82) is 0 Å². The Kier molecular flexibility index (Phi) is 5.55. The first-order valence-corrected chi connectivity index (χ1v) is 10.5. The standard InChI is InChI=1S/C21H19N3OS2/c25-19(11-6-12-20-23-17-9-4-5-10-18(17)27-20)24-21-22-14-16(26-21)13-15-7-2-1-3-8-15/h1-5,7-10,14H,6,11-13H2,(H,22,24,25). The quantitative estimate of drug-likeness (QED) is 0.463. The minimum absolute atomic E-state index is 0.0109. The van der Waals surface area contributed by atoms with E-state index in [4.69, 9.17) is 0 Å². The molecule has 0 saturated carbocycles. The first-order valence-electron chi connectivity index (χ1n) is 8.89. The number of carbonyl (C=O) groups excluding carboxylic acids is 1. The van der Waals surface area contributed by atoms with Crippen LogP contribution in [0.5, 0.6) is 0 Å². The van der Waals surface area contributed by atoms with Gasteiger partial charge in [0.05, 0.1) is 15.2 Å². The van der Waals surface area contributed by atoms with Crippen LogP contribution in [0.15, 0.2) is 60.8 Å². The van der Waals surface area contributed by atoms with Crippen LogP contribution in [0.25, 0.3) is 10.2 Å². The topological polar surface area (TPSA) is 54.9 Å². The highest BCUT2D eigenvalue weighted by Crippen LogP contribution is 2.23. The monoisotopic (exact) mass is 393 g/mol. The molecule has 0 radical (unpaired) electrons. The molecular weight excluding hydrogens is 374 g/mol. The van der Waals surface area contributed by atoms with Gasteiger partial charge >= 0.3 is 0 Å². The van der Waals surface area contributed by atoms with Gasteiger partial charge in [-0.25, -0.2) is 9.97 Å². The summed E-state index contributed by atoms with van der Waals surface area (Å²) in [6, 6.07) is 18.4. The highest BCUT2D eigenvalue weighted by atomic mass is 32.1. The molecule has 4 aromatic rings. The molecule has 0 aliphatic carbocycles. The van der Waals surface area contributed by atoms with E-state index in [2.05, 4.69) is 33.5 Å². The number of hydrogen-bond acceptors (Lipinski definition) is 5. The van der Waals surface area contributed by atoms with Gasteiger partial charge in [0.2, 0.25) is 5.91 Å². The zero-order valence-electron chi connectivity index (χ0n) is 14.7. The molecule has 0 spiro atoms. The summed E-state index contributed by atoms with van der Waals surface area (Å²) in [6.45, 7) is 0. The van der Waals surface area contributed by atoms with Crippen molar-refractivity contribution < 1.29 is 4.79 Å². The van der Waals surface area contributed by atoms with E-state index < -0.39 is 0 Å². The molecule has 1 amide bonds. The first-order chi connectivity index (χ1) is 13.3. The van der Waals surface area contributed by atoms with E-state index in [1.54, 1.807) is 11.3 Å². The van der Waals surface area contributed by atoms with Crippen molar-refractivity contribution in [2.24, 2.45) is 0 Å². The fourth-order valence-corrected chi connectivity index (χ4v) is 4.72. The lowest BCUT2D eigenvalue weighted by Crippen LogP contribution is -2.11. The smallest absolute Gasteiger partial charge is 0.226 e. The van der Waals surface area contributed by atoms with Crippen LogP contribution in [-0.2, 0) is 17.6 Å². The number of fused-ring (bicyclic) bond motifs is 1. The predicted octanol–water partition coefficient (Wildman–Crippen LogP) is 5.31. The summed E-state index contributed by atoms with van der Waals surface area (Å²) < 4.78 is 1.20. The van der Waals surface area contributed by atoms with E-state index in [-0.39, 0.29) is 5.91 Å². The molecule has 0 aliphatic heterocycles. The molecule has 0 aliphatic rings. The summed E-state index contributed by atoms with van der Waals surface area (Å²) in [5.41, 5.74) is 2.28. The second-order valence-electron chi connectivity index (χ2n) is 6.27. The number of thiazole rings is 2. The van der Waals surface area contributed by atoms with Gasteiger partial charge < -0.3 is 5.32 Å². The van der Waals surface area contributed by atoms with E-state index in [1.807, 2.05) is 42.6 Å². The summed E-state index contributed by atoms with van der Waals surface area (Å²) in [5, 5.41) is 4.67. The van der Waals surface area contributed by atoms with E-state index in [1.165, 1.54) is 21.6 Å². The largest absolute Gasteiger partial charge is 0.302 e. The van der Waals surface area contributed by atoms with Crippen LogP contribution in [0, 0.1) is 0 Å². The Hall–Kier alpha value is -2.57. The number of anilines is 1. The van der Waals surface area contributed by atoms with Gasteiger partial charge in [-0.1, -0.05) is 42.5 Å². The van der Waals surface area contributed by atoms with Crippen LogP contribution in [-0.4, -0.2) is 15.9 Å². The number of aromatic nitrogens is 2. The average Bonchev–Trinajstić information content (AvgIpc) is 3.28. The lowest BCUT2D eigenvalue weighted by Gasteiger charge is -2.00. The number of hydrogen-bond donors (Lipinski definition) is 1. The van der Waals surface area contributed by atoms with Gasteiger partial charge in [-0.15, -0.1) is 22.7 Å². The van der Waals surface area contributed by atoms with Gasteiger partial charge in [-0.2, -0.15) is 0 Å². The second-order valence-corrected chi connectivity index (χ2v) is 8.50. The molecule has 2 aromatic heterocycles. The molecular formula is C21H19N3OS2. The Labute approximate surface area is 165 Å². The van der Waals surface area contributed by atoms with Gasteiger partial charge in [0.25, 0.3) is 0 Å². The van der Waals surface area contributed by atoms with Gasteiger partial charge in [0, 0.05) is 23.9 Å². The van der Waals surface area contributed by atoms with E-state index in [9.17, 15) is 4.79 Å². The molecule has 136 valence electrons. The SMILES string of the molecule is O=C(CCCc1nc2ccccc2s1)Nc1ncc(Cc2ccccc2)s1. The Balaban J connectivity index is 1.25. The van der Waals surface area contributed by atoms with Crippen LogP contribution < -0.4 is 5.32 Å². The van der Waals surface area contributed by atoms with Crippen molar-refractivity contribution >= 4 is 43.9 Å². The maximum atomic E-state index is 12.2. The number of rotatable bonds is 7. The van der Waals surface area contributed by atoms with Crippen molar-refractivity contribution in [3.8, 4) is 0 Å². The number of nitrogens with one attached hydrogen (secondary N) is 1. The fourth-order valence-electron chi connectivity index (χ4n) is 2.85. The summed E-state index contributed by atoms with van der Waals surface area (Å²) >= 11 is 3.24. The zero-order chi connectivity index (χ0) is 18.5. The lowest BCUT2D eigenvalue weighted by atomic mass is 10.1.